The van der Waals surface area contributed by atoms with Gasteiger partial charge in [0.2, 0.25) is 0 Å². The van der Waals surface area contributed by atoms with Crippen LogP contribution < -0.4 is 20.3 Å². The first-order valence-electron chi connectivity index (χ1n) is 9.57. The van der Waals surface area contributed by atoms with Gasteiger partial charge in [0.1, 0.15) is 24.7 Å². The normalized spacial score (nSPS) is 11.6. The smallest absolute Gasteiger partial charge is 0.405 e. The number of amides is 2. The van der Waals surface area contributed by atoms with Crippen LogP contribution in [0.15, 0.2) is 76.0 Å². The molecule has 2 aromatic carbocycles. The number of para-hydroxylation sites is 1. The Bertz CT molecular complexity index is 1240. The number of hydrogen-bond acceptors (Lipinski definition) is 6. The zero-order valence-corrected chi connectivity index (χ0v) is 18.1. The standard InChI is InChI=1S/C21H18F3N3O6S/c22-21(23,24)13-25-19(28)14-6-9-17(10-7-14)34(30,31)27-26-20(29)18-11-8-16(33-18)12-32-15-4-2-1-3-5-15/h1-11,27H,12-13H2,(H,25,28)(H,26,29). The molecule has 0 saturated carbocycles. The fourth-order valence-corrected chi connectivity index (χ4v) is 3.39. The van der Waals surface area contributed by atoms with E-state index in [2.05, 4.69) is 0 Å². The Balaban J connectivity index is 1.54. The molecule has 0 radical (unpaired) electrons. The number of sulfonamides is 1. The number of carbonyl (C=O) groups excluding carboxylic acids is 2. The maximum absolute atomic E-state index is 12.3. The summed E-state index contributed by atoms with van der Waals surface area (Å²) in [5.74, 6) is -1.14. The summed E-state index contributed by atoms with van der Waals surface area (Å²) in [5, 5.41) is 1.67. The Morgan fingerprint density at radius 3 is 2.24 bits per heavy atom. The van der Waals surface area contributed by atoms with Crippen LogP contribution in [0.25, 0.3) is 0 Å². The molecule has 0 saturated heterocycles. The van der Waals surface area contributed by atoms with Gasteiger partial charge >= 0.3 is 12.1 Å². The van der Waals surface area contributed by atoms with Crippen LogP contribution in [0.4, 0.5) is 13.2 Å². The molecule has 9 nitrogen and oxygen atoms in total. The average Bonchev–Trinajstić information content (AvgIpc) is 3.29. The number of carbonyl (C=O) groups is 2. The van der Waals surface area contributed by atoms with E-state index in [1.807, 2.05) is 16.3 Å². The Morgan fingerprint density at radius 1 is 0.912 bits per heavy atom. The minimum Gasteiger partial charge on any atom is -0.486 e. The molecular formula is C21H18F3N3O6S. The van der Waals surface area contributed by atoms with E-state index in [1.54, 1.807) is 29.6 Å². The van der Waals surface area contributed by atoms with Gasteiger partial charge in [-0.3, -0.25) is 15.0 Å². The summed E-state index contributed by atoms with van der Waals surface area (Å²) >= 11 is 0. The fraction of sp³-hybridized carbons (Fsp3) is 0.143. The lowest BCUT2D eigenvalue weighted by Crippen LogP contribution is -2.41. The lowest BCUT2D eigenvalue weighted by molar-refractivity contribution is -0.123. The predicted octanol–water partition coefficient (Wildman–Crippen LogP) is 2.77. The highest BCUT2D eigenvalue weighted by Crippen LogP contribution is 2.15. The second-order valence-electron chi connectivity index (χ2n) is 6.75. The van der Waals surface area contributed by atoms with Crippen molar-refractivity contribution in [3.8, 4) is 5.75 Å². The predicted molar refractivity (Wildman–Crippen MR) is 112 cm³/mol. The van der Waals surface area contributed by atoms with E-state index in [9.17, 15) is 31.2 Å². The van der Waals surface area contributed by atoms with Gasteiger partial charge in [-0.15, -0.1) is 4.83 Å². The van der Waals surface area contributed by atoms with Gasteiger partial charge < -0.3 is 14.5 Å². The zero-order chi connectivity index (χ0) is 24.8. The third-order valence-electron chi connectivity index (χ3n) is 4.18. The van der Waals surface area contributed by atoms with Crippen molar-refractivity contribution in [2.75, 3.05) is 6.54 Å². The monoisotopic (exact) mass is 497 g/mol. The van der Waals surface area contributed by atoms with E-state index < -0.39 is 34.6 Å². The largest absolute Gasteiger partial charge is 0.486 e. The summed E-state index contributed by atoms with van der Waals surface area (Å²) in [5.41, 5.74) is 1.81. The molecule has 0 atom stereocenters. The fourth-order valence-electron chi connectivity index (χ4n) is 2.55. The second kappa shape index (κ2) is 10.4. The van der Waals surface area contributed by atoms with Gasteiger partial charge in [0.25, 0.3) is 15.9 Å². The molecule has 1 heterocycles. The molecule has 3 aromatic rings. The number of hydrogen-bond donors (Lipinski definition) is 3. The Kier molecular flexibility index (Phi) is 7.58. The van der Waals surface area contributed by atoms with Crippen LogP contribution in [0, 0.1) is 0 Å². The number of hydrazine groups is 1. The number of benzene rings is 2. The van der Waals surface area contributed by atoms with Crippen molar-refractivity contribution in [1.82, 2.24) is 15.6 Å². The Hall–Kier alpha value is -3.84. The molecule has 180 valence electrons. The van der Waals surface area contributed by atoms with Crippen LogP contribution in [-0.2, 0) is 16.6 Å². The molecule has 0 aliphatic heterocycles. The van der Waals surface area contributed by atoms with Crippen molar-refractivity contribution in [3.05, 3.63) is 83.8 Å². The third-order valence-corrected chi connectivity index (χ3v) is 5.45. The molecule has 13 heteroatoms. The van der Waals surface area contributed by atoms with Crippen molar-refractivity contribution in [3.63, 3.8) is 0 Å². The number of nitrogens with one attached hydrogen (secondary N) is 3. The lowest BCUT2D eigenvalue weighted by atomic mass is 10.2. The van der Waals surface area contributed by atoms with Gasteiger partial charge in [-0.1, -0.05) is 18.2 Å². The second-order valence-corrected chi connectivity index (χ2v) is 8.43. The summed E-state index contributed by atoms with van der Waals surface area (Å²) in [6.45, 7) is -1.47. The van der Waals surface area contributed by atoms with Crippen LogP contribution in [0.1, 0.15) is 26.7 Å². The molecule has 0 unspecified atom stereocenters. The summed E-state index contributed by atoms with van der Waals surface area (Å²) < 4.78 is 72.1. The zero-order valence-electron chi connectivity index (χ0n) is 17.3. The third kappa shape index (κ3) is 7.08. The molecular weight excluding hydrogens is 479 g/mol. The number of furan rings is 1. The molecule has 0 bridgehead atoms. The van der Waals surface area contributed by atoms with Crippen LogP contribution in [-0.4, -0.2) is 33.0 Å². The van der Waals surface area contributed by atoms with E-state index in [0.29, 0.717) is 11.5 Å². The lowest BCUT2D eigenvalue weighted by Gasteiger charge is -2.10. The number of alkyl halides is 3. The minimum absolute atomic E-state index is 0.0475. The first-order valence-corrected chi connectivity index (χ1v) is 11.1. The molecule has 0 spiro atoms. The molecule has 1 aromatic heterocycles. The van der Waals surface area contributed by atoms with E-state index in [4.69, 9.17) is 9.15 Å². The number of rotatable bonds is 9. The van der Waals surface area contributed by atoms with Crippen LogP contribution in [0.3, 0.4) is 0 Å². The molecule has 2 amide bonds. The number of ether oxygens (including phenoxy) is 1. The first-order chi connectivity index (χ1) is 16.0. The summed E-state index contributed by atoms with van der Waals surface area (Å²) in [4.78, 5) is 25.4. The van der Waals surface area contributed by atoms with Crippen LogP contribution >= 0.6 is 0 Å². The Morgan fingerprint density at radius 2 is 1.59 bits per heavy atom. The van der Waals surface area contributed by atoms with Gasteiger partial charge in [-0.2, -0.15) is 13.2 Å². The highest BCUT2D eigenvalue weighted by Gasteiger charge is 2.28. The van der Waals surface area contributed by atoms with Gasteiger partial charge in [0.05, 0.1) is 4.90 Å². The first kappa shape index (κ1) is 24.8. The maximum Gasteiger partial charge on any atom is 0.405 e. The van der Waals surface area contributed by atoms with E-state index in [1.165, 1.54) is 12.1 Å². The summed E-state index contributed by atoms with van der Waals surface area (Å²) in [6.07, 6.45) is -4.58. The molecule has 3 rings (SSSR count). The van der Waals surface area contributed by atoms with Crippen molar-refractivity contribution in [2.45, 2.75) is 17.7 Å². The summed E-state index contributed by atoms with van der Waals surface area (Å²) in [7, 11) is -4.24. The van der Waals surface area contributed by atoms with Crippen molar-refractivity contribution in [1.29, 1.82) is 0 Å². The van der Waals surface area contributed by atoms with Crippen LogP contribution in [0.2, 0.25) is 0 Å². The van der Waals surface area contributed by atoms with Gasteiger partial charge in [0.15, 0.2) is 5.76 Å². The molecule has 34 heavy (non-hydrogen) atoms. The maximum atomic E-state index is 12.3. The number of halogens is 3. The van der Waals surface area contributed by atoms with Gasteiger partial charge in [-0.05, 0) is 48.5 Å². The van der Waals surface area contributed by atoms with Crippen LogP contribution in [0.5, 0.6) is 5.75 Å². The van der Waals surface area contributed by atoms with Gasteiger partial charge in [0, 0.05) is 5.56 Å². The minimum atomic E-state index is -4.58. The highest BCUT2D eigenvalue weighted by molar-refractivity contribution is 7.89. The molecule has 0 aliphatic carbocycles. The average molecular weight is 497 g/mol. The quantitative estimate of drug-likeness (QED) is 0.390. The van der Waals surface area contributed by atoms with E-state index >= 15 is 0 Å². The van der Waals surface area contributed by atoms with E-state index in [0.717, 1.165) is 24.3 Å². The summed E-state index contributed by atoms with van der Waals surface area (Å²) in [6, 6.07) is 15.8. The van der Waals surface area contributed by atoms with Crippen molar-refractivity contribution >= 4 is 21.8 Å². The Labute approximate surface area is 191 Å². The highest BCUT2D eigenvalue weighted by atomic mass is 32.2. The van der Waals surface area contributed by atoms with Gasteiger partial charge in [-0.25, -0.2) is 8.42 Å². The van der Waals surface area contributed by atoms with E-state index in [-0.39, 0.29) is 22.8 Å². The SMILES string of the molecule is O=C(NCC(F)(F)F)c1ccc(S(=O)(=O)NNC(=O)c2ccc(COc3ccccc3)o2)cc1. The van der Waals surface area contributed by atoms with Crippen molar-refractivity contribution in [2.24, 2.45) is 0 Å². The van der Waals surface area contributed by atoms with Crippen molar-refractivity contribution < 1.29 is 40.3 Å². The molecule has 0 fully saturated rings. The molecule has 0 aliphatic rings. The topological polar surface area (TPSA) is 127 Å². The molecule has 3 N–H and O–H groups in total.